The maximum Gasteiger partial charge on any atom is 0.182 e. The van der Waals surface area contributed by atoms with Gasteiger partial charge < -0.3 is 5.32 Å². The van der Waals surface area contributed by atoms with E-state index in [1.807, 2.05) is 14.0 Å². The zero-order chi connectivity index (χ0) is 7.56. The summed E-state index contributed by atoms with van der Waals surface area (Å²) in [5.41, 5.74) is 1.10. The largest absolute Gasteiger partial charge is 0.365 e. The highest BCUT2D eigenvalue weighted by molar-refractivity contribution is 7.15. The van der Waals surface area contributed by atoms with Gasteiger partial charge in [0.05, 0.1) is 5.69 Å². The summed E-state index contributed by atoms with van der Waals surface area (Å²) >= 11 is 1.67. The molecule has 2 nitrogen and oxygen atoms in total. The summed E-state index contributed by atoms with van der Waals surface area (Å²) < 4.78 is 0. The van der Waals surface area contributed by atoms with Crippen LogP contribution in [0, 0.1) is 13.8 Å². The van der Waals surface area contributed by atoms with Crippen LogP contribution in [0.5, 0.6) is 0 Å². The fraction of sp³-hybridized carbons (Fsp3) is 0.429. The number of aryl methyl sites for hydroxylation is 1. The van der Waals surface area contributed by atoms with Crippen molar-refractivity contribution < 1.29 is 0 Å². The van der Waals surface area contributed by atoms with E-state index >= 15 is 0 Å². The van der Waals surface area contributed by atoms with Crippen molar-refractivity contribution in [3.63, 3.8) is 0 Å². The Morgan fingerprint density at radius 1 is 1.70 bits per heavy atom. The second-order valence-electron chi connectivity index (χ2n) is 2.03. The molecule has 55 valence electrons. The van der Waals surface area contributed by atoms with Gasteiger partial charge in [-0.15, -0.1) is 11.3 Å². The van der Waals surface area contributed by atoms with Crippen LogP contribution in [0.2, 0.25) is 0 Å². The van der Waals surface area contributed by atoms with Crippen LogP contribution in [-0.2, 0) is 6.42 Å². The van der Waals surface area contributed by atoms with Gasteiger partial charge in [-0.2, -0.15) is 0 Å². The number of thiazole rings is 1. The minimum atomic E-state index is 0.838. The van der Waals surface area contributed by atoms with E-state index in [-0.39, 0.29) is 0 Å². The van der Waals surface area contributed by atoms with E-state index in [4.69, 9.17) is 0 Å². The summed E-state index contributed by atoms with van der Waals surface area (Å²) in [4.78, 5) is 5.54. The number of rotatable bonds is 2. The molecule has 0 bridgehead atoms. The maximum absolute atomic E-state index is 4.27. The zero-order valence-corrected chi connectivity index (χ0v) is 7.09. The van der Waals surface area contributed by atoms with Crippen LogP contribution >= 0.6 is 11.3 Å². The van der Waals surface area contributed by atoms with Crippen LogP contribution in [-0.4, -0.2) is 12.0 Å². The Balaban J connectivity index is 2.92. The van der Waals surface area contributed by atoms with Crippen LogP contribution in [0.25, 0.3) is 0 Å². The molecular formula is C7H11N2S. The summed E-state index contributed by atoms with van der Waals surface area (Å²) in [5, 5.41) is 3.98. The van der Waals surface area contributed by atoms with Crippen molar-refractivity contribution >= 4 is 16.5 Å². The lowest BCUT2D eigenvalue weighted by molar-refractivity contribution is 1.18. The Kier molecular flexibility index (Phi) is 2.27. The first-order chi connectivity index (χ1) is 4.77. The van der Waals surface area contributed by atoms with Gasteiger partial charge in [0.15, 0.2) is 5.13 Å². The number of nitrogens with one attached hydrogen (secondary N) is 1. The average Bonchev–Trinajstić information content (AvgIpc) is 2.30. The van der Waals surface area contributed by atoms with Crippen LogP contribution < -0.4 is 5.32 Å². The molecule has 0 unspecified atom stereocenters. The number of hydrogen-bond donors (Lipinski definition) is 1. The van der Waals surface area contributed by atoms with Crippen LogP contribution in [0.4, 0.5) is 5.13 Å². The van der Waals surface area contributed by atoms with Crippen molar-refractivity contribution in [1.82, 2.24) is 4.98 Å². The summed E-state index contributed by atoms with van der Waals surface area (Å²) in [6.45, 7) is 5.82. The minimum Gasteiger partial charge on any atom is -0.365 e. The van der Waals surface area contributed by atoms with Gasteiger partial charge in [-0.3, -0.25) is 0 Å². The SMILES string of the molecule is [CH2]Cc1sc(NC)nc1C. The lowest BCUT2D eigenvalue weighted by Gasteiger charge is -1.86. The summed E-state index contributed by atoms with van der Waals surface area (Å²) in [6, 6.07) is 0. The van der Waals surface area contributed by atoms with Gasteiger partial charge >= 0.3 is 0 Å². The van der Waals surface area contributed by atoms with Crippen LogP contribution in [0.1, 0.15) is 10.6 Å². The molecular weight excluding hydrogens is 144 g/mol. The highest BCUT2D eigenvalue weighted by atomic mass is 32.1. The van der Waals surface area contributed by atoms with E-state index in [1.54, 1.807) is 11.3 Å². The Labute approximate surface area is 65.3 Å². The fourth-order valence-electron chi connectivity index (χ4n) is 0.767. The van der Waals surface area contributed by atoms with E-state index in [0.29, 0.717) is 0 Å². The first kappa shape index (κ1) is 7.54. The molecule has 3 heteroatoms. The molecule has 0 saturated carbocycles. The monoisotopic (exact) mass is 155 g/mol. The third-order valence-electron chi connectivity index (χ3n) is 1.33. The molecule has 1 heterocycles. The third kappa shape index (κ3) is 1.29. The van der Waals surface area contributed by atoms with E-state index in [0.717, 1.165) is 17.2 Å². The second kappa shape index (κ2) is 3.01. The topological polar surface area (TPSA) is 24.9 Å². The quantitative estimate of drug-likeness (QED) is 0.705. The van der Waals surface area contributed by atoms with Crippen molar-refractivity contribution in [2.45, 2.75) is 13.3 Å². The molecule has 1 N–H and O–H groups in total. The second-order valence-corrected chi connectivity index (χ2v) is 3.11. The highest BCUT2D eigenvalue weighted by Crippen LogP contribution is 2.21. The van der Waals surface area contributed by atoms with Crippen molar-refractivity contribution in [3.05, 3.63) is 17.5 Å². The predicted molar refractivity (Wildman–Crippen MR) is 45.5 cm³/mol. The minimum absolute atomic E-state index is 0.838. The van der Waals surface area contributed by atoms with Gasteiger partial charge in [-0.25, -0.2) is 4.98 Å². The normalized spacial score (nSPS) is 9.90. The molecule has 0 amide bonds. The van der Waals surface area contributed by atoms with Gasteiger partial charge in [0, 0.05) is 11.9 Å². The van der Waals surface area contributed by atoms with Gasteiger partial charge in [-0.1, -0.05) is 0 Å². The lowest BCUT2D eigenvalue weighted by atomic mass is 10.3. The van der Waals surface area contributed by atoms with Crippen LogP contribution in [0.3, 0.4) is 0 Å². The van der Waals surface area contributed by atoms with E-state index < -0.39 is 0 Å². The number of aromatic nitrogens is 1. The Morgan fingerprint density at radius 2 is 2.40 bits per heavy atom. The first-order valence-corrected chi connectivity index (χ1v) is 4.03. The summed E-state index contributed by atoms with van der Waals surface area (Å²) in [6.07, 6.45) is 0.838. The summed E-state index contributed by atoms with van der Waals surface area (Å²) in [5.74, 6) is 0. The molecule has 0 aromatic carbocycles. The van der Waals surface area contributed by atoms with Crippen LogP contribution in [0.15, 0.2) is 0 Å². The van der Waals surface area contributed by atoms with Gasteiger partial charge in [0.25, 0.3) is 0 Å². The average molecular weight is 155 g/mol. The standard InChI is InChI=1S/C7H11N2S/c1-4-6-5(2)9-7(8-3)10-6/h1,4H2,2-3H3,(H,8,9). The molecule has 0 aliphatic heterocycles. The Bertz CT molecular complexity index is 217. The summed E-state index contributed by atoms with van der Waals surface area (Å²) in [7, 11) is 1.88. The van der Waals surface area contributed by atoms with Crippen molar-refractivity contribution in [3.8, 4) is 0 Å². The van der Waals surface area contributed by atoms with Gasteiger partial charge in [-0.05, 0) is 20.3 Å². The van der Waals surface area contributed by atoms with Gasteiger partial charge in [0.2, 0.25) is 0 Å². The highest BCUT2D eigenvalue weighted by Gasteiger charge is 2.02. The van der Waals surface area contributed by atoms with E-state index in [2.05, 4.69) is 17.2 Å². The number of hydrogen-bond acceptors (Lipinski definition) is 3. The lowest BCUT2D eigenvalue weighted by Crippen LogP contribution is -1.85. The molecule has 0 aliphatic rings. The molecule has 0 spiro atoms. The number of anilines is 1. The predicted octanol–water partition coefficient (Wildman–Crippen LogP) is 1.87. The fourth-order valence-corrected chi connectivity index (χ4v) is 1.58. The van der Waals surface area contributed by atoms with Crippen molar-refractivity contribution in [2.75, 3.05) is 12.4 Å². The molecule has 1 radical (unpaired) electrons. The Morgan fingerprint density at radius 3 is 2.70 bits per heavy atom. The Hall–Kier alpha value is -0.570. The molecule has 0 aliphatic carbocycles. The molecule has 0 fully saturated rings. The van der Waals surface area contributed by atoms with Crippen molar-refractivity contribution in [2.24, 2.45) is 0 Å². The molecule has 0 atom stereocenters. The molecule has 10 heavy (non-hydrogen) atoms. The smallest absolute Gasteiger partial charge is 0.182 e. The zero-order valence-electron chi connectivity index (χ0n) is 6.27. The molecule has 1 aromatic rings. The maximum atomic E-state index is 4.27. The first-order valence-electron chi connectivity index (χ1n) is 3.21. The van der Waals surface area contributed by atoms with E-state index in [1.165, 1.54) is 4.88 Å². The van der Waals surface area contributed by atoms with Gasteiger partial charge in [0.1, 0.15) is 0 Å². The molecule has 1 rings (SSSR count). The van der Waals surface area contributed by atoms with Crippen molar-refractivity contribution in [1.29, 1.82) is 0 Å². The number of nitrogens with zero attached hydrogens (tertiary/aromatic N) is 1. The third-order valence-corrected chi connectivity index (χ3v) is 2.57. The molecule has 0 saturated heterocycles. The van der Waals surface area contributed by atoms with E-state index in [9.17, 15) is 0 Å². The molecule has 1 aromatic heterocycles.